The first kappa shape index (κ1) is 26.1. The smallest absolute Gasteiger partial charge is 0.327 e. The molecule has 1 aromatic carbocycles. The second-order valence-electron chi connectivity index (χ2n) is 11.6. The number of hydrogen-bond acceptors (Lipinski definition) is 12. The van der Waals surface area contributed by atoms with E-state index in [9.17, 15) is 24.6 Å². The average molecular weight is 556 g/mol. The summed E-state index contributed by atoms with van der Waals surface area (Å²) in [7, 11) is 1.50. The van der Waals surface area contributed by atoms with Crippen LogP contribution in [0.15, 0.2) is 28.2 Å². The third-order valence-corrected chi connectivity index (χ3v) is 8.67. The van der Waals surface area contributed by atoms with Gasteiger partial charge >= 0.3 is 6.03 Å². The Bertz CT molecular complexity index is 1380. The summed E-state index contributed by atoms with van der Waals surface area (Å²) in [6.07, 6.45) is 0.792. The first-order chi connectivity index (χ1) is 18.8. The van der Waals surface area contributed by atoms with Gasteiger partial charge in [0, 0.05) is 19.2 Å². The van der Waals surface area contributed by atoms with E-state index in [2.05, 4.69) is 34.5 Å². The molecule has 4 amide bonds. The number of carbonyl (C=O) groups excluding carboxylic acids is 3. The number of nitrogens with zero attached hydrogens (tertiary/aromatic N) is 5. The summed E-state index contributed by atoms with van der Waals surface area (Å²) in [5.41, 5.74) is 11.5. The van der Waals surface area contributed by atoms with E-state index in [-0.39, 0.29) is 42.5 Å². The van der Waals surface area contributed by atoms with Crippen LogP contribution in [-0.4, -0.2) is 118 Å². The van der Waals surface area contributed by atoms with Crippen molar-refractivity contribution in [3.8, 4) is 5.75 Å². The molecule has 2 saturated heterocycles. The lowest BCUT2D eigenvalue weighted by atomic mass is 9.79. The molecule has 0 aliphatic carbocycles. The van der Waals surface area contributed by atoms with E-state index in [0.29, 0.717) is 12.4 Å². The lowest BCUT2D eigenvalue weighted by Gasteiger charge is -2.49. The number of amides is 4. The summed E-state index contributed by atoms with van der Waals surface area (Å²) in [6.45, 7) is 4.18. The van der Waals surface area contributed by atoms with Crippen molar-refractivity contribution in [1.82, 2.24) is 25.3 Å². The topological polar surface area (TPSA) is 211 Å². The lowest BCUT2D eigenvalue weighted by molar-refractivity contribution is -0.230. The second-order valence-corrected chi connectivity index (χ2v) is 11.6. The van der Waals surface area contributed by atoms with Crippen molar-refractivity contribution >= 4 is 29.8 Å². The van der Waals surface area contributed by atoms with Crippen LogP contribution in [0.2, 0.25) is 0 Å². The van der Waals surface area contributed by atoms with Crippen molar-refractivity contribution in [3.63, 3.8) is 0 Å². The highest BCUT2D eigenvalue weighted by atomic mass is 16.5. The summed E-state index contributed by atoms with van der Waals surface area (Å²) >= 11 is 0. The van der Waals surface area contributed by atoms with Gasteiger partial charge in [0.2, 0.25) is 11.7 Å². The largest absolute Gasteiger partial charge is 0.492 e. The molecule has 214 valence electrons. The van der Waals surface area contributed by atoms with E-state index in [4.69, 9.17) is 16.2 Å². The Balaban J connectivity index is 1.31. The number of nitrogens with one attached hydrogen (secondary N) is 2. The Morgan fingerprint density at radius 3 is 2.70 bits per heavy atom. The Labute approximate surface area is 229 Å². The highest BCUT2D eigenvalue weighted by Gasteiger charge is 2.73. The number of nitrogens with two attached hydrogens (primary N) is 2. The van der Waals surface area contributed by atoms with E-state index < -0.39 is 47.4 Å². The van der Waals surface area contributed by atoms with E-state index in [1.807, 2.05) is 6.07 Å². The molecule has 6 rings (SSSR count). The number of aliphatic hydroxyl groups is 2. The summed E-state index contributed by atoms with van der Waals surface area (Å²) < 4.78 is 5.88. The Hall–Kier alpha value is -4.11. The van der Waals surface area contributed by atoms with Gasteiger partial charge in [-0.25, -0.2) is 14.8 Å². The molecule has 8 N–H and O–H groups in total. The zero-order chi connectivity index (χ0) is 28.8. The first-order valence-electron chi connectivity index (χ1n) is 13.1. The van der Waals surface area contributed by atoms with Crippen molar-refractivity contribution < 1.29 is 29.3 Å². The molecule has 15 nitrogen and oxygen atoms in total. The zero-order valence-corrected chi connectivity index (χ0v) is 22.4. The molecule has 15 heteroatoms. The molecule has 2 fully saturated rings. The quantitative estimate of drug-likeness (QED) is 0.169. The number of guanidine groups is 2. The minimum atomic E-state index is -2.67. The van der Waals surface area contributed by atoms with Crippen LogP contribution in [0, 0.1) is 0 Å². The predicted octanol–water partition coefficient (Wildman–Crippen LogP) is -2.58. The summed E-state index contributed by atoms with van der Waals surface area (Å²) in [5.74, 6) is -3.38. The molecule has 1 unspecified atom stereocenters. The van der Waals surface area contributed by atoms with Crippen molar-refractivity contribution in [1.29, 1.82) is 0 Å². The maximum Gasteiger partial charge on any atom is 0.327 e. The predicted molar refractivity (Wildman–Crippen MR) is 141 cm³/mol. The molecule has 5 aliphatic heterocycles. The Morgan fingerprint density at radius 2 is 2.00 bits per heavy atom. The number of aliphatic imine (C=N–C) groups is 2. The van der Waals surface area contributed by atoms with Crippen molar-refractivity contribution in [2.75, 3.05) is 33.3 Å². The van der Waals surface area contributed by atoms with Crippen molar-refractivity contribution in [2.24, 2.45) is 21.5 Å². The maximum absolute atomic E-state index is 13.6. The van der Waals surface area contributed by atoms with Crippen LogP contribution in [0.1, 0.15) is 36.2 Å². The molecule has 0 radical (unpaired) electrons. The molecule has 0 aromatic heterocycles. The SMILES string of the molecule is CN1CC(=O)N(C[C@@H]2N=C(N)N3CC(NC(=O)c4cccc5c4OCCC5(C)C)C(O)(O)[C@@]34NC(N)=N[C@@H]24)C1=O. The fraction of sp³-hybridized carbons (Fsp3) is 0.560. The van der Waals surface area contributed by atoms with Gasteiger partial charge in [0.05, 0.1) is 24.8 Å². The van der Waals surface area contributed by atoms with E-state index >= 15 is 0 Å². The van der Waals surface area contributed by atoms with Crippen molar-refractivity contribution in [3.05, 3.63) is 29.3 Å². The number of fused-ring (bicyclic) bond motifs is 1. The van der Waals surface area contributed by atoms with Gasteiger partial charge in [0.15, 0.2) is 17.6 Å². The molecule has 40 heavy (non-hydrogen) atoms. The molecule has 5 heterocycles. The van der Waals surface area contributed by atoms with Gasteiger partial charge in [-0.05, 0) is 17.9 Å². The first-order valence-corrected chi connectivity index (χ1v) is 13.1. The summed E-state index contributed by atoms with van der Waals surface area (Å²) in [5, 5.41) is 29.0. The van der Waals surface area contributed by atoms with Gasteiger partial charge in [0.25, 0.3) is 5.91 Å². The van der Waals surface area contributed by atoms with E-state index in [1.165, 1.54) is 16.8 Å². The van der Waals surface area contributed by atoms with Gasteiger partial charge in [-0.3, -0.25) is 14.5 Å². The van der Waals surface area contributed by atoms with Gasteiger partial charge in [-0.2, -0.15) is 0 Å². The fourth-order valence-electron chi connectivity index (χ4n) is 6.45. The molecule has 0 bridgehead atoms. The monoisotopic (exact) mass is 555 g/mol. The van der Waals surface area contributed by atoms with Crippen LogP contribution in [0.4, 0.5) is 4.79 Å². The van der Waals surface area contributed by atoms with Crippen LogP contribution in [0.25, 0.3) is 0 Å². The number of likely N-dealkylation sites (N-methyl/N-ethyl adjacent to an activating group) is 1. The minimum Gasteiger partial charge on any atom is -0.492 e. The molecule has 1 spiro atoms. The number of para-hydroxylation sites is 1. The minimum absolute atomic E-state index is 0.0849. The number of carbonyl (C=O) groups is 3. The standard InChI is InChI=1S/C25H33N9O6/c1-23(2)7-8-40-17-12(5-4-6-13(17)23)19(36)29-15-10-34-21(27)28-14(9-33-16(35)11-32(3)22(33)37)18-24(34,25(15,38)39)31-20(26)30-18/h4-6,14-15,18,38-39H,7-11H2,1-3H3,(H2,27,28)(H,29,36)(H3,26,30,31)/t14-,15?,18-,24-/m0/s1. The third kappa shape index (κ3) is 3.46. The molecule has 4 atom stereocenters. The molecule has 0 saturated carbocycles. The molecule has 1 aromatic rings. The summed E-state index contributed by atoms with van der Waals surface area (Å²) in [4.78, 5) is 51.1. The van der Waals surface area contributed by atoms with Gasteiger partial charge in [-0.15, -0.1) is 0 Å². The van der Waals surface area contributed by atoms with Gasteiger partial charge in [0.1, 0.15) is 24.4 Å². The number of rotatable bonds is 4. The molecule has 5 aliphatic rings. The number of imide groups is 1. The fourth-order valence-corrected chi connectivity index (χ4v) is 6.45. The third-order valence-electron chi connectivity index (χ3n) is 8.67. The van der Waals surface area contributed by atoms with Crippen LogP contribution in [0.3, 0.4) is 0 Å². The maximum atomic E-state index is 13.6. The number of hydrogen-bond donors (Lipinski definition) is 6. The average Bonchev–Trinajstić information content (AvgIpc) is 3.44. The lowest BCUT2D eigenvalue weighted by Crippen LogP contribution is -2.78. The number of urea groups is 1. The Morgan fingerprint density at radius 1 is 1.25 bits per heavy atom. The van der Waals surface area contributed by atoms with Crippen LogP contribution in [0.5, 0.6) is 5.75 Å². The summed E-state index contributed by atoms with van der Waals surface area (Å²) in [6, 6.07) is 1.54. The molecular formula is C25H33N9O6. The highest BCUT2D eigenvalue weighted by molar-refractivity contribution is 6.02. The number of benzene rings is 1. The van der Waals surface area contributed by atoms with Crippen LogP contribution < -0.4 is 26.8 Å². The van der Waals surface area contributed by atoms with Crippen LogP contribution >= 0.6 is 0 Å². The Kier molecular flexibility index (Phi) is 5.52. The van der Waals surface area contributed by atoms with Crippen molar-refractivity contribution in [2.45, 2.75) is 55.3 Å². The second kappa shape index (κ2) is 8.44. The van der Waals surface area contributed by atoms with Crippen LogP contribution in [-0.2, 0) is 10.2 Å². The normalized spacial score (nSPS) is 31.5. The van der Waals surface area contributed by atoms with E-state index in [0.717, 1.165) is 16.9 Å². The zero-order valence-electron chi connectivity index (χ0n) is 22.4. The highest BCUT2D eigenvalue weighted by Crippen LogP contribution is 2.45. The van der Waals surface area contributed by atoms with E-state index in [1.54, 1.807) is 12.1 Å². The molecular weight excluding hydrogens is 522 g/mol. The number of ether oxygens (including phenoxy) is 1. The van der Waals surface area contributed by atoms with Gasteiger partial charge in [-0.1, -0.05) is 26.0 Å². The van der Waals surface area contributed by atoms with Gasteiger partial charge < -0.3 is 46.9 Å².